The number of halogens is 1. The predicted molar refractivity (Wildman–Crippen MR) is 118 cm³/mol. The molecule has 2 aromatic heterocycles. The summed E-state index contributed by atoms with van der Waals surface area (Å²) in [5.74, 6) is -0.601. The van der Waals surface area contributed by atoms with Gasteiger partial charge in [-0.15, -0.1) is 11.3 Å². The zero-order chi connectivity index (χ0) is 20.4. The number of para-hydroxylation sites is 1. The Morgan fingerprint density at radius 3 is 2.59 bits per heavy atom. The second-order valence-electron chi connectivity index (χ2n) is 6.46. The summed E-state index contributed by atoms with van der Waals surface area (Å²) in [6.45, 7) is 0. The van der Waals surface area contributed by atoms with E-state index in [9.17, 15) is 14.7 Å². The van der Waals surface area contributed by atoms with Crippen molar-refractivity contribution in [1.82, 2.24) is 0 Å². The van der Waals surface area contributed by atoms with Crippen LogP contribution in [0.1, 0.15) is 22.5 Å². The molecule has 0 saturated carbocycles. The molecule has 0 aliphatic heterocycles. The molecule has 4 rings (SSSR count). The fourth-order valence-electron chi connectivity index (χ4n) is 3.09. The molecular weight excluding hydrogens is 454 g/mol. The van der Waals surface area contributed by atoms with Crippen molar-refractivity contribution in [3.8, 4) is 11.1 Å². The smallest absolute Gasteiger partial charge is 0.339 e. The van der Waals surface area contributed by atoms with Crippen LogP contribution in [0.15, 0.2) is 68.9 Å². The van der Waals surface area contributed by atoms with E-state index in [1.165, 1.54) is 11.3 Å². The molecule has 0 radical (unpaired) electrons. The fourth-order valence-corrected chi connectivity index (χ4v) is 4.33. The van der Waals surface area contributed by atoms with Gasteiger partial charge in [0.2, 0.25) is 5.91 Å². The van der Waals surface area contributed by atoms with Crippen LogP contribution >= 0.6 is 27.3 Å². The second-order valence-corrected chi connectivity index (χ2v) is 8.26. The molecular formula is C22H16BrNO4S. The Hall–Kier alpha value is -2.90. The van der Waals surface area contributed by atoms with E-state index in [2.05, 4.69) is 21.2 Å². The molecule has 2 heterocycles. The highest BCUT2D eigenvalue weighted by Crippen LogP contribution is 2.36. The number of rotatable bonds is 6. The molecule has 29 heavy (non-hydrogen) atoms. The number of nitrogens with one attached hydrogen (secondary N) is 1. The van der Waals surface area contributed by atoms with Crippen LogP contribution < -0.4 is 5.32 Å². The highest BCUT2D eigenvalue weighted by molar-refractivity contribution is 9.10. The minimum absolute atomic E-state index is 0.106. The van der Waals surface area contributed by atoms with Crippen molar-refractivity contribution in [2.75, 3.05) is 5.32 Å². The van der Waals surface area contributed by atoms with E-state index >= 15 is 0 Å². The van der Waals surface area contributed by atoms with Crippen molar-refractivity contribution in [2.24, 2.45) is 0 Å². The minimum atomic E-state index is -1.07. The molecule has 0 saturated heterocycles. The molecule has 1 amide bonds. The molecule has 0 spiro atoms. The number of amides is 1. The first-order valence-corrected chi connectivity index (χ1v) is 10.6. The molecule has 2 N–H and O–H groups in total. The van der Waals surface area contributed by atoms with Crippen LogP contribution in [-0.2, 0) is 11.2 Å². The Labute approximate surface area is 179 Å². The van der Waals surface area contributed by atoms with Crippen molar-refractivity contribution in [1.29, 1.82) is 0 Å². The maximum absolute atomic E-state index is 12.4. The molecule has 0 aliphatic carbocycles. The molecule has 0 unspecified atom stereocenters. The molecule has 2 aromatic carbocycles. The average molecular weight is 470 g/mol. The summed E-state index contributed by atoms with van der Waals surface area (Å²) in [6.07, 6.45) is 0.637. The normalized spacial score (nSPS) is 10.9. The van der Waals surface area contributed by atoms with Gasteiger partial charge in [-0.05, 0) is 29.8 Å². The van der Waals surface area contributed by atoms with Crippen molar-refractivity contribution >= 4 is 55.1 Å². The van der Waals surface area contributed by atoms with Crippen molar-refractivity contribution < 1.29 is 19.1 Å². The third-order valence-electron chi connectivity index (χ3n) is 4.49. The molecule has 146 valence electrons. The maximum atomic E-state index is 12.4. The highest BCUT2D eigenvalue weighted by Gasteiger charge is 2.21. The summed E-state index contributed by atoms with van der Waals surface area (Å²) in [4.78, 5) is 24.3. The summed E-state index contributed by atoms with van der Waals surface area (Å²) >= 11 is 4.58. The van der Waals surface area contributed by atoms with E-state index in [-0.39, 0.29) is 17.9 Å². The van der Waals surface area contributed by atoms with Crippen molar-refractivity contribution in [2.45, 2.75) is 12.8 Å². The van der Waals surface area contributed by atoms with E-state index in [0.717, 1.165) is 26.8 Å². The van der Waals surface area contributed by atoms with Crippen LogP contribution in [0.2, 0.25) is 0 Å². The zero-order valence-electron chi connectivity index (χ0n) is 15.1. The van der Waals surface area contributed by atoms with Gasteiger partial charge in [0.1, 0.15) is 21.9 Å². The largest absolute Gasteiger partial charge is 0.478 e. The minimum Gasteiger partial charge on any atom is -0.478 e. The van der Waals surface area contributed by atoms with Gasteiger partial charge in [0.05, 0.1) is 0 Å². The van der Waals surface area contributed by atoms with Crippen LogP contribution in [0.5, 0.6) is 0 Å². The van der Waals surface area contributed by atoms with Gasteiger partial charge in [-0.25, -0.2) is 4.79 Å². The maximum Gasteiger partial charge on any atom is 0.339 e. The topological polar surface area (TPSA) is 79.5 Å². The number of carbonyl (C=O) groups excluding carboxylic acids is 1. The number of aryl methyl sites for hydroxylation is 1. The molecule has 0 fully saturated rings. The lowest BCUT2D eigenvalue weighted by atomic mass is 10.0. The Bertz CT molecular complexity index is 1160. The zero-order valence-corrected chi connectivity index (χ0v) is 17.5. The number of carboxylic acid groups (broad SMARTS) is 1. The quantitative estimate of drug-likeness (QED) is 0.352. The summed E-state index contributed by atoms with van der Waals surface area (Å²) in [5.41, 5.74) is 2.26. The molecule has 7 heteroatoms. The molecule has 0 aliphatic rings. The number of thiophene rings is 1. The number of benzene rings is 2. The van der Waals surface area contributed by atoms with E-state index in [4.69, 9.17) is 4.42 Å². The molecule has 4 aromatic rings. The van der Waals surface area contributed by atoms with Crippen LogP contribution in [0.25, 0.3) is 22.1 Å². The monoisotopic (exact) mass is 469 g/mol. The lowest BCUT2D eigenvalue weighted by Gasteiger charge is -2.06. The van der Waals surface area contributed by atoms with Crippen LogP contribution in [-0.4, -0.2) is 17.0 Å². The van der Waals surface area contributed by atoms with Crippen molar-refractivity contribution in [3.05, 3.63) is 75.8 Å². The van der Waals surface area contributed by atoms with Gasteiger partial charge in [-0.3, -0.25) is 4.79 Å². The molecule has 0 atom stereocenters. The number of carboxylic acids is 1. The first kappa shape index (κ1) is 19.4. The summed E-state index contributed by atoms with van der Waals surface area (Å²) in [5, 5.41) is 15.5. The number of hydrogen-bond acceptors (Lipinski definition) is 4. The van der Waals surface area contributed by atoms with Crippen molar-refractivity contribution in [3.63, 3.8) is 0 Å². The number of fused-ring (bicyclic) bond motifs is 1. The summed E-state index contributed by atoms with van der Waals surface area (Å²) in [6, 6.07) is 17.0. The van der Waals surface area contributed by atoms with Crippen LogP contribution in [0.3, 0.4) is 0 Å². The van der Waals surface area contributed by atoms with E-state index in [0.29, 0.717) is 17.0 Å². The Balaban J connectivity index is 1.49. The average Bonchev–Trinajstić information content (AvgIpc) is 3.30. The third kappa shape index (κ3) is 4.26. The van der Waals surface area contributed by atoms with Gasteiger partial charge in [0.15, 0.2) is 0 Å². The number of aromatic carboxylic acids is 1. The van der Waals surface area contributed by atoms with E-state index in [1.54, 1.807) is 5.38 Å². The van der Waals surface area contributed by atoms with Crippen LogP contribution in [0, 0.1) is 0 Å². The van der Waals surface area contributed by atoms with Gasteiger partial charge >= 0.3 is 5.97 Å². The van der Waals surface area contributed by atoms with E-state index < -0.39 is 5.97 Å². The first-order chi connectivity index (χ1) is 14.0. The van der Waals surface area contributed by atoms with Gasteiger partial charge in [0.25, 0.3) is 0 Å². The summed E-state index contributed by atoms with van der Waals surface area (Å²) in [7, 11) is 0. The molecule has 0 bridgehead atoms. The number of anilines is 1. The summed E-state index contributed by atoms with van der Waals surface area (Å²) < 4.78 is 6.64. The van der Waals surface area contributed by atoms with E-state index in [1.807, 2.05) is 54.6 Å². The Kier molecular flexibility index (Phi) is 5.51. The Morgan fingerprint density at radius 2 is 1.86 bits per heavy atom. The standard InChI is InChI=1S/C22H16BrNO4S/c23-15-7-5-13(6-8-15)17-12-29-21(20(17)22(26)27)24-19(25)10-9-16-11-14-3-1-2-4-18(14)28-16/h1-8,11-12H,9-10H2,(H,24,25)(H,26,27). The number of furan rings is 1. The SMILES string of the molecule is O=C(CCc1cc2ccccc2o1)Nc1scc(-c2ccc(Br)cc2)c1C(=O)O. The van der Waals surface area contributed by atoms with Gasteiger partial charge in [0, 0.05) is 33.6 Å². The predicted octanol–water partition coefficient (Wildman–Crippen LogP) is 6.19. The fraction of sp³-hybridized carbons (Fsp3) is 0.0909. The lowest BCUT2D eigenvalue weighted by molar-refractivity contribution is -0.116. The van der Waals surface area contributed by atoms with Gasteiger partial charge < -0.3 is 14.8 Å². The lowest BCUT2D eigenvalue weighted by Crippen LogP contribution is -2.13. The highest BCUT2D eigenvalue weighted by atomic mass is 79.9. The second kappa shape index (κ2) is 8.23. The first-order valence-electron chi connectivity index (χ1n) is 8.89. The number of carbonyl (C=O) groups is 2. The van der Waals surface area contributed by atoms with Crippen LogP contribution in [0.4, 0.5) is 5.00 Å². The van der Waals surface area contributed by atoms with Gasteiger partial charge in [-0.2, -0.15) is 0 Å². The molecule has 5 nitrogen and oxygen atoms in total. The third-order valence-corrected chi connectivity index (χ3v) is 5.91. The van der Waals surface area contributed by atoms with Gasteiger partial charge in [-0.1, -0.05) is 46.3 Å². The Morgan fingerprint density at radius 1 is 1.10 bits per heavy atom. The number of hydrogen-bond donors (Lipinski definition) is 2.